The molecule has 2 heterocycles. The first kappa shape index (κ1) is 15.1. The second-order valence-electron chi connectivity index (χ2n) is 4.70. The number of hydrogen-bond donors (Lipinski definition) is 1. The summed E-state index contributed by atoms with van der Waals surface area (Å²) >= 11 is 5.72. The normalized spacial score (nSPS) is 11.0. The minimum Gasteiger partial charge on any atom is -0.505 e. The molecule has 0 unspecified atom stereocenters. The number of aliphatic imine (C=N–C) groups is 1. The Morgan fingerprint density at radius 3 is 2.78 bits per heavy atom. The van der Waals surface area contributed by atoms with Crippen molar-refractivity contribution in [3.8, 4) is 17.0 Å². The number of aromatic hydroxyl groups is 1. The maximum absolute atomic E-state index is 13.1. The highest BCUT2D eigenvalue weighted by Crippen LogP contribution is 2.29. The van der Waals surface area contributed by atoms with Gasteiger partial charge >= 0.3 is 0 Å². The molecule has 4 nitrogen and oxygen atoms in total. The Hall–Kier alpha value is -2.79. The van der Waals surface area contributed by atoms with Crippen LogP contribution in [-0.4, -0.2) is 21.3 Å². The maximum atomic E-state index is 13.1. The van der Waals surface area contributed by atoms with E-state index in [9.17, 15) is 9.50 Å². The smallest absolute Gasteiger partial charge is 0.150 e. The van der Waals surface area contributed by atoms with Crippen LogP contribution >= 0.6 is 11.6 Å². The third-order valence-electron chi connectivity index (χ3n) is 3.15. The van der Waals surface area contributed by atoms with E-state index in [-0.39, 0.29) is 10.8 Å². The van der Waals surface area contributed by atoms with Crippen LogP contribution in [0.15, 0.2) is 60.0 Å². The molecule has 0 amide bonds. The molecule has 3 rings (SSSR count). The number of aromatic nitrogens is 2. The number of hydrogen-bond acceptors (Lipinski definition) is 4. The Bertz CT molecular complexity index is 869. The average molecular weight is 328 g/mol. The van der Waals surface area contributed by atoms with Gasteiger partial charge < -0.3 is 5.11 Å². The topological polar surface area (TPSA) is 58.4 Å². The summed E-state index contributed by atoms with van der Waals surface area (Å²) in [5.74, 6) is -0.506. The van der Waals surface area contributed by atoms with Gasteiger partial charge in [-0.15, -0.1) is 0 Å². The molecule has 0 aliphatic rings. The summed E-state index contributed by atoms with van der Waals surface area (Å²) in [6.07, 6.45) is 6.30. The number of pyridine rings is 2. The lowest BCUT2D eigenvalue weighted by molar-refractivity contribution is 0.474. The fourth-order valence-electron chi connectivity index (χ4n) is 2.00. The monoisotopic (exact) mass is 327 g/mol. The van der Waals surface area contributed by atoms with E-state index in [0.717, 1.165) is 0 Å². The van der Waals surface area contributed by atoms with Crippen LogP contribution in [-0.2, 0) is 0 Å². The van der Waals surface area contributed by atoms with E-state index in [1.54, 1.807) is 36.8 Å². The van der Waals surface area contributed by atoms with E-state index in [1.165, 1.54) is 24.4 Å². The summed E-state index contributed by atoms with van der Waals surface area (Å²) in [5.41, 5.74) is 2.08. The standard InChI is InChI=1S/C17H11ClFN3O/c18-14-8-13(3-4-15(14)19)22-10-12-5-7-21-16(17(12)23)11-2-1-6-20-9-11/h1-10,23H/b22-10+. The molecular weight excluding hydrogens is 317 g/mol. The molecule has 0 atom stereocenters. The Morgan fingerprint density at radius 2 is 2.04 bits per heavy atom. The van der Waals surface area contributed by atoms with Crippen LogP contribution in [0.1, 0.15) is 5.56 Å². The minimum atomic E-state index is -0.503. The van der Waals surface area contributed by atoms with Gasteiger partial charge in [0.05, 0.1) is 10.7 Å². The summed E-state index contributed by atoms with van der Waals surface area (Å²) in [6.45, 7) is 0. The van der Waals surface area contributed by atoms with Gasteiger partial charge in [-0.05, 0) is 36.4 Å². The molecule has 2 aromatic heterocycles. The Morgan fingerprint density at radius 1 is 1.17 bits per heavy atom. The lowest BCUT2D eigenvalue weighted by atomic mass is 10.1. The summed E-state index contributed by atoms with van der Waals surface area (Å²) in [4.78, 5) is 12.4. The second-order valence-corrected chi connectivity index (χ2v) is 5.10. The third-order valence-corrected chi connectivity index (χ3v) is 3.44. The highest BCUT2D eigenvalue weighted by molar-refractivity contribution is 6.31. The van der Waals surface area contributed by atoms with Gasteiger partial charge in [-0.25, -0.2) is 4.39 Å². The van der Waals surface area contributed by atoms with Gasteiger partial charge in [0.1, 0.15) is 11.5 Å². The summed E-state index contributed by atoms with van der Waals surface area (Å²) in [7, 11) is 0. The molecule has 0 saturated heterocycles. The number of halogens is 2. The van der Waals surface area contributed by atoms with Gasteiger partial charge in [0.2, 0.25) is 0 Å². The van der Waals surface area contributed by atoms with Gasteiger partial charge in [-0.1, -0.05) is 11.6 Å². The van der Waals surface area contributed by atoms with Crippen LogP contribution in [0.3, 0.4) is 0 Å². The summed E-state index contributed by atoms with van der Waals surface area (Å²) in [6, 6.07) is 9.34. The summed E-state index contributed by atoms with van der Waals surface area (Å²) < 4.78 is 13.1. The molecule has 0 fully saturated rings. The third kappa shape index (κ3) is 3.35. The molecule has 0 aliphatic heterocycles. The van der Waals surface area contributed by atoms with Crippen molar-refractivity contribution in [1.29, 1.82) is 0 Å². The van der Waals surface area contributed by atoms with Crippen molar-refractivity contribution in [3.63, 3.8) is 0 Å². The molecule has 23 heavy (non-hydrogen) atoms. The lowest BCUT2D eigenvalue weighted by Gasteiger charge is -2.05. The lowest BCUT2D eigenvalue weighted by Crippen LogP contribution is -1.90. The fourth-order valence-corrected chi connectivity index (χ4v) is 2.17. The zero-order valence-corrected chi connectivity index (χ0v) is 12.6. The Kier molecular flexibility index (Phi) is 4.30. The molecule has 1 aromatic carbocycles. The van der Waals surface area contributed by atoms with E-state index >= 15 is 0 Å². The van der Waals surface area contributed by atoms with Gasteiger partial charge in [0.15, 0.2) is 5.75 Å². The van der Waals surface area contributed by atoms with Crippen molar-refractivity contribution in [3.05, 3.63) is 71.4 Å². The zero-order valence-electron chi connectivity index (χ0n) is 11.8. The largest absolute Gasteiger partial charge is 0.505 e. The minimum absolute atomic E-state index is 0.00235. The molecule has 0 radical (unpaired) electrons. The number of nitrogens with zero attached hydrogens (tertiary/aromatic N) is 3. The molecule has 0 spiro atoms. The van der Waals surface area contributed by atoms with Gasteiger partial charge in [-0.2, -0.15) is 0 Å². The highest BCUT2D eigenvalue weighted by atomic mass is 35.5. The van der Waals surface area contributed by atoms with E-state index in [1.807, 2.05) is 0 Å². The second kappa shape index (κ2) is 6.54. The average Bonchev–Trinajstić information content (AvgIpc) is 2.58. The van der Waals surface area contributed by atoms with Crippen LogP contribution in [0.25, 0.3) is 11.3 Å². The van der Waals surface area contributed by atoms with E-state index in [0.29, 0.717) is 22.5 Å². The van der Waals surface area contributed by atoms with Crippen molar-refractivity contribution in [2.24, 2.45) is 4.99 Å². The molecule has 1 N–H and O–H groups in total. The number of rotatable bonds is 3. The van der Waals surface area contributed by atoms with Crippen LogP contribution < -0.4 is 0 Å². The van der Waals surface area contributed by atoms with Gasteiger partial charge in [0, 0.05) is 35.9 Å². The van der Waals surface area contributed by atoms with Gasteiger partial charge in [0.25, 0.3) is 0 Å². The van der Waals surface area contributed by atoms with E-state index in [2.05, 4.69) is 15.0 Å². The van der Waals surface area contributed by atoms with E-state index in [4.69, 9.17) is 11.6 Å². The Labute approximate surface area is 137 Å². The quantitative estimate of drug-likeness (QED) is 0.726. The van der Waals surface area contributed by atoms with Crippen LogP contribution in [0, 0.1) is 5.82 Å². The first-order chi connectivity index (χ1) is 11.1. The van der Waals surface area contributed by atoms with Crippen molar-refractivity contribution in [1.82, 2.24) is 9.97 Å². The predicted molar refractivity (Wildman–Crippen MR) is 87.8 cm³/mol. The summed E-state index contributed by atoms with van der Waals surface area (Å²) in [5, 5.41) is 10.3. The number of benzene rings is 1. The molecule has 6 heteroatoms. The first-order valence-corrected chi connectivity index (χ1v) is 7.10. The van der Waals surface area contributed by atoms with Crippen LogP contribution in [0.4, 0.5) is 10.1 Å². The van der Waals surface area contributed by atoms with Crippen LogP contribution in [0.2, 0.25) is 5.02 Å². The fraction of sp³-hybridized carbons (Fsp3) is 0. The van der Waals surface area contributed by atoms with Crippen LogP contribution in [0.5, 0.6) is 5.75 Å². The molecular formula is C17H11ClFN3O. The molecule has 114 valence electrons. The Balaban J connectivity index is 1.95. The molecule has 0 aliphatic carbocycles. The van der Waals surface area contributed by atoms with Crippen molar-refractivity contribution < 1.29 is 9.50 Å². The highest BCUT2D eigenvalue weighted by Gasteiger charge is 2.09. The van der Waals surface area contributed by atoms with Crippen molar-refractivity contribution in [2.45, 2.75) is 0 Å². The van der Waals surface area contributed by atoms with Crippen molar-refractivity contribution in [2.75, 3.05) is 0 Å². The molecule has 0 bridgehead atoms. The molecule has 0 saturated carbocycles. The maximum Gasteiger partial charge on any atom is 0.150 e. The first-order valence-electron chi connectivity index (χ1n) is 6.72. The van der Waals surface area contributed by atoms with Crippen molar-refractivity contribution >= 4 is 23.5 Å². The SMILES string of the molecule is Oc1c(/C=N/c2ccc(F)c(Cl)c2)ccnc1-c1cccnc1. The van der Waals surface area contributed by atoms with Gasteiger partial charge in [-0.3, -0.25) is 15.0 Å². The predicted octanol–water partition coefficient (Wildman–Crippen LogP) is 4.39. The zero-order chi connectivity index (χ0) is 16.2. The van der Waals surface area contributed by atoms with E-state index < -0.39 is 5.82 Å². The molecule has 3 aromatic rings.